The van der Waals surface area contributed by atoms with Gasteiger partial charge in [0.05, 0.1) is 16.7 Å². The van der Waals surface area contributed by atoms with Crippen molar-refractivity contribution in [3.63, 3.8) is 0 Å². The molecule has 7 heteroatoms. The van der Waals surface area contributed by atoms with E-state index in [9.17, 15) is 15.2 Å². The lowest BCUT2D eigenvalue weighted by Crippen LogP contribution is -2.18. The number of nitro benzene ring substituents is 1. The first-order valence-corrected chi connectivity index (χ1v) is 3.95. The molecule has 1 aromatic rings. The molecule has 1 aromatic carbocycles. The number of non-ortho nitro benzene ring substituents is 1. The summed E-state index contributed by atoms with van der Waals surface area (Å²) in [6, 6.07) is 3.58. The number of hydrogen-bond acceptors (Lipinski definition) is 4. The van der Waals surface area contributed by atoms with E-state index in [2.05, 4.69) is 17.5 Å². The molecular weight excluding hydrogens is 206 g/mol. The molecule has 1 rings (SSSR count). The van der Waals surface area contributed by atoms with Crippen LogP contribution >= 0.6 is 12.2 Å². The summed E-state index contributed by atoms with van der Waals surface area (Å²) in [7, 11) is 0. The Morgan fingerprint density at radius 3 is 2.71 bits per heavy atom. The summed E-state index contributed by atoms with van der Waals surface area (Å²) < 4.78 is 0. The number of rotatable bonds is 2. The van der Waals surface area contributed by atoms with Gasteiger partial charge in [0.25, 0.3) is 5.69 Å². The van der Waals surface area contributed by atoms with Gasteiger partial charge in [-0.15, -0.1) is 0 Å². The average Bonchev–Trinajstić information content (AvgIpc) is 2.07. The second kappa shape index (κ2) is 3.88. The highest BCUT2D eigenvalue weighted by atomic mass is 32.1. The van der Waals surface area contributed by atoms with Crippen LogP contribution in [0.2, 0.25) is 0 Å². The molecule has 0 saturated heterocycles. The largest absolute Gasteiger partial charge is 0.506 e. The molecule has 0 aromatic heterocycles. The van der Waals surface area contributed by atoms with Crippen molar-refractivity contribution in [2.45, 2.75) is 0 Å². The Bertz CT molecular complexity index is 394. The van der Waals surface area contributed by atoms with Gasteiger partial charge < -0.3 is 16.2 Å². The molecule has 0 aliphatic carbocycles. The number of phenols is 1. The molecule has 0 aliphatic rings. The topological polar surface area (TPSA) is 101 Å². The van der Waals surface area contributed by atoms with Gasteiger partial charge in [-0.3, -0.25) is 10.1 Å². The fourth-order valence-electron chi connectivity index (χ4n) is 0.872. The highest BCUT2D eigenvalue weighted by Crippen LogP contribution is 2.27. The predicted octanol–water partition coefficient (Wildman–Crippen LogP) is 0.956. The molecule has 14 heavy (non-hydrogen) atoms. The second-order valence-corrected chi connectivity index (χ2v) is 2.89. The molecule has 0 spiro atoms. The van der Waals surface area contributed by atoms with Crippen molar-refractivity contribution in [1.29, 1.82) is 0 Å². The SMILES string of the molecule is NC(=S)Nc1ccc([N+](=O)[O-])cc1O. The van der Waals surface area contributed by atoms with Crippen molar-refractivity contribution < 1.29 is 10.0 Å². The number of nitrogens with one attached hydrogen (secondary N) is 1. The summed E-state index contributed by atoms with van der Waals surface area (Å²) in [5.41, 5.74) is 5.21. The zero-order valence-corrected chi connectivity index (χ0v) is 7.75. The number of thiocarbonyl (C=S) groups is 1. The van der Waals surface area contributed by atoms with E-state index >= 15 is 0 Å². The highest BCUT2D eigenvalue weighted by molar-refractivity contribution is 7.80. The lowest BCUT2D eigenvalue weighted by Gasteiger charge is -2.05. The van der Waals surface area contributed by atoms with Crippen molar-refractivity contribution in [1.82, 2.24) is 0 Å². The van der Waals surface area contributed by atoms with Crippen molar-refractivity contribution in [3.05, 3.63) is 28.3 Å². The molecule has 0 saturated carbocycles. The molecule has 0 amide bonds. The van der Waals surface area contributed by atoms with Crippen molar-refractivity contribution in [2.24, 2.45) is 5.73 Å². The predicted molar refractivity (Wildman–Crippen MR) is 55.2 cm³/mol. The number of nitrogens with zero attached hydrogens (tertiary/aromatic N) is 1. The second-order valence-electron chi connectivity index (χ2n) is 2.45. The minimum absolute atomic E-state index is 0.0193. The summed E-state index contributed by atoms with van der Waals surface area (Å²) in [6.45, 7) is 0. The maximum atomic E-state index is 10.3. The van der Waals surface area contributed by atoms with E-state index in [0.717, 1.165) is 6.07 Å². The van der Waals surface area contributed by atoms with E-state index in [-0.39, 0.29) is 22.2 Å². The summed E-state index contributed by atoms with van der Waals surface area (Å²) in [4.78, 5) is 9.70. The van der Waals surface area contributed by atoms with Gasteiger partial charge in [-0.2, -0.15) is 0 Å². The Kier molecular flexibility index (Phi) is 2.82. The van der Waals surface area contributed by atoms with Gasteiger partial charge in [-0.05, 0) is 18.3 Å². The number of benzene rings is 1. The number of aromatic hydroxyl groups is 1. The lowest BCUT2D eigenvalue weighted by atomic mass is 10.2. The maximum Gasteiger partial charge on any atom is 0.273 e. The van der Waals surface area contributed by atoms with E-state index in [1.807, 2.05) is 0 Å². The summed E-state index contributed by atoms with van der Waals surface area (Å²) >= 11 is 4.54. The maximum absolute atomic E-state index is 10.3. The van der Waals surface area contributed by atoms with E-state index in [1.165, 1.54) is 12.1 Å². The summed E-state index contributed by atoms with van der Waals surface area (Å²) in [5, 5.41) is 22.1. The van der Waals surface area contributed by atoms with Gasteiger partial charge in [0.2, 0.25) is 0 Å². The van der Waals surface area contributed by atoms with Crippen LogP contribution in [0.25, 0.3) is 0 Å². The van der Waals surface area contributed by atoms with E-state index in [4.69, 9.17) is 5.73 Å². The Labute approximate surface area is 84.5 Å². The molecule has 4 N–H and O–H groups in total. The molecule has 0 bridgehead atoms. The third kappa shape index (κ3) is 2.30. The van der Waals surface area contributed by atoms with E-state index < -0.39 is 4.92 Å². The van der Waals surface area contributed by atoms with Gasteiger partial charge in [-0.1, -0.05) is 0 Å². The van der Waals surface area contributed by atoms with Crippen LogP contribution in [0.5, 0.6) is 5.75 Å². The van der Waals surface area contributed by atoms with Gasteiger partial charge >= 0.3 is 0 Å². The van der Waals surface area contributed by atoms with Gasteiger partial charge in [0.15, 0.2) is 5.11 Å². The molecule has 6 nitrogen and oxygen atoms in total. The first kappa shape index (κ1) is 10.2. The van der Waals surface area contributed by atoms with Gasteiger partial charge in [-0.25, -0.2) is 0 Å². The molecule has 0 aliphatic heterocycles. The fourth-order valence-corrected chi connectivity index (χ4v) is 0.982. The van der Waals surface area contributed by atoms with Crippen LogP contribution in [0.4, 0.5) is 11.4 Å². The number of hydrogen-bond donors (Lipinski definition) is 3. The average molecular weight is 213 g/mol. The molecule has 0 fully saturated rings. The number of nitrogens with two attached hydrogens (primary N) is 1. The molecular formula is C7H7N3O3S. The first-order valence-electron chi connectivity index (χ1n) is 3.54. The van der Waals surface area contributed by atoms with Crippen LogP contribution in [-0.4, -0.2) is 15.1 Å². The van der Waals surface area contributed by atoms with Crippen LogP contribution in [0.1, 0.15) is 0 Å². The zero-order valence-electron chi connectivity index (χ0n) is 6.93. The molecule has 0 unspecified atom stereocenters. The number of phenolic OH excluding ortho intramolecular Hbond substituents is 1. The van der Waals surface area contributed by atoms with Crippen molar-refractivity contribution >= 4 is 28.7 Å². The van der Waals surface area contributed by atoms with Crippen LogP contribution in [0.3, 0.4) is 0 Å². The Balaban J connectivity index is 3.01. The lowest BCUT2D eigenvalue weighted by molar-refractivity contribution is -0.384. The van der Waals surface area contributed by atoms with Crippen LogP contribution in [0.15, 0.2) is 18.2 Å². The van der Waals surface area contributed by atoms with E-state index in [0.29, 0.717) is 0 Å². The summed E-state index contributed by atoms with van der Waals surface area (Å²) in [5.74, 6) is -0.271. The minimum Gasteiger partial charge on any atom is -0.506 e. The quantitative estimate of drug-likeness (QED) is 0.292. The summed E-state index contributed by atoms with van der Waals surface area (Å²) in [6.07, 6.45) is 0. The van der Waals surface area contributed by atoms with Crippen LogP contribution in [-0.2, 0) is 0 Å². The van der Waals surface area contributed by atoms with E-state index in [1.54, 1.807) is 0 Å². The Hall–Kier alpha value is -1.89. The van der Waals surface area contributed by atoms with Crippen LogP contribution < -0.4 is 11.1 Å². The molecule has 0 radical (unpaired) electrons. The molecule has 74 valence electrons. The highest BCUT2D eigenvalue weighted by Gasteiger charge is 2.09. The zero-order chi connectivity index (χ0) is 10.7. The van der Waals surface area contributed by atoms with Gasteiger partial charge in [0, 0.05) is 6.07 Å². The van der Waals surface area contributed by atoms with Crippen molar-refractivity contribution in [3.8, 4) is 5.75 Å². The Morgan fingerprint density at radius 2 is 2.29 bits per heavy atom. The number of anilines is 1. The third-order valence-electron chi connectivity index (χ3n) is 1.45. The van der Waals surface area contributed by atoms with Gasteiger partial charge in [0.1, 0.15) is 5.75 Å². The first-order chi connectivity index (χ1) is 6.50. The third-order valence-corrected chi connectivity index (χ3v) is 1.55. The molecule has 0 heterocycles. The number of nitro groups is 1. The molecule has 0 atom stereocenters. The minimum atomic E-state index is -0.607. The standard InChI is InChI=1S/C7H7N3O3S/c8-7(14)9-5-2-1-4(10(12)13)3-6(5)11/h1-3,11H,(H3,8,9,14). The Morgan fingerprint density at radius 1 is 1.64 bits per heavy atom. The monoisotopic (exact) mass is 213 g/mol. The van der Waals surface area contributed by atoms with Crippen LogP contribution in [0, 0.1) is 10.1 Å². The normalized spacial score (nSPS) is 9.43. The smallest absolute Gasteiger partial charge is 0.273 e. The van der Waals surface area contributed by atoms with Crippen molar-refractivity contribution in [2.75, 3.05) is 5.32 Å². The fraction of sp³-hybridized carbons (Fsp3) is 0.